The summed E-state index contributed by atoms with van der Waals surface area (Å²) in [4.78, 5) is 2.32. The molecule has 2 atom stereocenters. The minimum Gasteiger partial charge on any atom is -0.465 e. The smallest absolute Gasteiger partial charge is 0.122 e. The summed E-state index contributed by atoms with van der Waals surface area (Å²) in [6.45, 7) is 8.72. The van der Waals surface area contributed by atoms with Crippen molar-refractivity contribution < 1.29 is 9.15 Å². The van der Waals surface area contributed by atoms with Crippen LogP contribution in [0.1, 0.15) is 37.8 Å². The van der Waals surface area contributed by atoms with Gasteiger partial charge in [0.2, 0.25) is 0 Å². The van der Waals surface area contributed by atoms with E-state index in [1.54, 1.807) is 7.11 Å². The van der Waals surface area contributed by atoms with Crippen LogP contribution in [0.2, 0.25) is 0 Å². The Bertz CT molecular complexity index is 338. The monoisotopic (exact) mass is 254 g/mol. The van der Waals surface area contributed by atoms with Crippen molar-refractivity contribution in [1.29, 1.82) is 0 Å². The van der Waals surface area contributed by atoms with Gasteiger partial charge in [-0.1, -0.05) is 13.8 Å². The highest BCUT2D eigenvalue weighted by Crippen LogP contribution is 2.26. The highest BCUT2D eigenvalue weighted by Gasteiger charge is 2.27. The number of likely N-dealkylation sites (N-methyl/N-ethyl adjacent to an activating group) is 1. The molecule has 4 nitrogen and oxygen atoms in total. The molecule has 0 saturated carbocycles. The van der Waals surface area contributed by atoms with E-state index in [-0.39, 0.29) is 12.1 Å². The molecule has 1 heterocycles. The molecule has 2 N–H and O–H groups in total. The van der Waals surface area contributed by atoms with Gasteiger partial charge in [0.25, 0.3) is 0 Å². The molecular formula is C14H26N2O2. The Morgan fingerprint density at radius 3 is 2.56 bits per heavy atom. The second-order valence-electron chi connectivity index (χ2n) is 4.59. The molecule has 0 aromatic carbocycles. The van der Waals surface area contributed by atoms with Gasteiger partial charge in [-0.05, 0) is 32.0 Å². The third kappa shape index (κ3) is 3.83. The van der Waals surface area contributed by atoms with E-state index in [2.05, 4.69) is 18.7 Å². The summed E-state index contributed by atoms with van der Waals surface area (Å²) in [6.07, 6.45) is 0.925. The number of rotatable bonds is 8. The average molecular weight is 254 g/mol. The summed E-state index contributed by atoms with van der Waals surface area (Å²) >= 11 is 0. The van der Waals surface area contributed by atoms with Crippen molar-refractivity contribution >= 4 is 0 Å². The van der Waals surface area contributed by atoms with Crippen LogP contribution in [0.4, 0.5) is 0 Å². The molecule has 2 unspecified atom stereocenters. The van der Waals surface area contributed by atoms with Crippen molar-refractivity contribution in [2.75, 3.05) is 26.8 Å². The number of ether oxygens (including phenoxy) is 1. The lowest BCUT2D eigenvalue weighted by molar-refractivity contribution is 0.101. The topological polar surface area (TPSA) is 51.6 Å². The van der Waals surface area contributed by atoms with Gasteiger partial charge < -0.3 is 14.9 Å². The standard InChI is InChI=1S/C14H26N2O2/c1-5-12(15)14(13-8-7-11(3)18-13)16(6-2)9-10-17-4/h7-8,12,14H,5-6,9-10,15H2,1-4H3. The molecule has 1 aromatic rings. The van der Waals surface area contributed by atoms with Crippen LogP contribution in [0.3, 0.4) is 0 Å². The summed E-state index contributed by atoms with van der Waals surface area (Å²) in [7, 11) is 1.72. The van der Waals surface area contributed by atoms with Gasteiger partial charge in [-0.2, -0.15) is 0 Å². The third-order valence-corrected chi connectivity index (χ3v) is 3.31. The van der Waals surface area contributed by atoms with E-state index < -0.39 is 0 Å². The second-order valence-corrected chi connectivity index (χ2v) is 4.59. The van der Waals surface area contributed by atoms with Crippen LogP contribution < -0.4 is 5.73 Å². The minimum atomic E-state index is 0.0763. The quantitative estimate of drug-likeness (QED) is 0.773. The molecule has 0 saturated heterocycles. The summed E-state index contributed by atoms with van der Waals surface area (Å²) in [5.74, 6) is 1.89. The fourth-order valence-electron chi connectivity index (χ4n) is 2.20. The first-order chi connectivity index (χ1) is 8.63. The zero-order chi connectivity index (χ0) is 13.5. The van der Waals surface area contributed by atoms with Gasteiger partial charge in [0, 0.05) is 19.7 Å². The Labute approximate surface area is 110 Å². The summed E-state index contributed by atoms with van der Waals surface area (Å²) in [5, 5.41) is 0. The Morgan fingerprint density at radius 1 is 1.39 bits per heavy atom. The summed E-state index contributed by atoms with van der Waals surface area (Å²) in [6, 6.07) is 4.23. The Morgan fingerprint density at radius 2 is 2.11 bits per heavy atom. The highest BCUT2D eigenvalue weighted by atomic mass is 16.5. The van der Waals surface area contributed by atoms with Crippen molar-refractivity contribution in [3.05, 3.63) is 23.7 Å². The maximum absolute atomic E-state index is 6.26. The molecule has 0 radical (unpaired) electrons. The summed E-state index contributed by atoms with van der Waals surface area (Å²) < 4.78 is 10.9. The number of nitrogens with zero attached hydrogens (tertiary/aromatic N) is 1. The first-order valence-corrected chi connectivity index (χ1v) is 6.68. The molecule has 0 fully saturated rings. The lowest BCUT2D eigenvalue weighted by Crippen LogP contribution is -2.42. The maximum atomic E-state index is 6.26. The molecule has 0 bridgehead atoms. The number of nitrogens with two attached hydrogens (primary N) is 1. The predicted octanol–water partition coefficient (Wildman–Crippen LogP) is 2.33. The average Bonchev–Trinajstić information content (AvgIpc) is 2.79. The lowest BCUT2D eigenvalue weighted by Gasteiger charge is -2.32. The number of hydrogen-bond acceptors (Lipinski definition) is 4. The Kier molecular flexibility index (Phi) is 6.39. The van der Waals surface area contributed by atoms with E-state index >= 15 is 0 Å². The van der Waals surface area contributed by atoms with E-state index in [0.29, 0.717) is 6.61 Å². The van der Waals surface area contributed by atoms with Crippen molar-refractivity contribution in [2.45, 2.75) is 39.3 Å². The number of aryl methyl sites for hydroxylation is 1. The Balaban J connectivity index is 2.88. The van der Waals surface area contributed by atoms with Crippen LogP contribution >= 0.6 is 0 Å². The molecule has 1 rings (SSSR count). The maximum Gasteiger partial charge on any atom is 0.122 e. The zero-order valence-corrected chi connectivity index (χ0v) is 12.0. The zero-order valence-electron chi connectivity index (χ0n) is 12.0. The third-order valence-electron chi connectivity index (χ3n) is 3.31. The van der Waals surface area contributed by atoms with Crippen molar-refractivity contribution in [1.82, 2.24) is 4.90 Å². The lowest BCUT2D eigenvalue weighted by atomic mass is 10.0. The van der Waals surface area contributed by atoms with Crippen LogP contribution in [0.5, 0.6) is 0 Å². The molecule has 0 amide bonds. The molecular weight excluding hydrogens is 228 g/mol. The first kappa shape index (κ1) is 15.2. The largest absolute Gasteiger partial charge is 0.465 e. The van der Waals surface area contributed by atoms with Crippen LogP contribution in [0.25, 0.3) is 0 Å². The van der Waals surface area contributed by atoms with Gasteiger partial charge in [-0.15, -0.1) is 0 Å². The van der Waals surface area contributed by atoms with Gasteiger partial charge in [-0.3, -0.25) is 4.90 Å². The normalized spacial score (nSPS) is 15.0. The summed E-state index contributed by atoms with van der Waals surface area (Å²) in [5.41, 5.74) is 6.26. The molecule has 18 heavy (non-hydrogen) atoms. The second kappa shape index (κ2) is 7.56. The fraction of sp³-hybridized carbons (Fsp3) is 0.714. The number of methoxy groups -OCH3 is 1. The van der Waals surface area contributed by atoms with Crippen LogP contribution in [0.15, 0.2) is 16.5 Å². The van der Waals surface area contributed by atoms with E-state index in [4.69, 9.17) is 14.9 Å². The Hall–Kier alpha value is -0.840. The van der Waals surface area contributed by atoms with E-state index in [1.807, 2.05) is 19.1 Å². The molecule has 0 aliphatic carbocycles. The predicted molar refractivity (Wildman–Crippen MR) is 73.6 cm³/mol. The van der Waals surface area contributed by atoms with Crippen LogP contribution in [-0.4, -0.2) is 37.7 Å². The van der Waals surface area contributed by atoms with Crippen LogP contribution in [-0.2, 0) is 4.74 Å². The molecule has 0 aliphatic heterocycles. The van der Waals surface area contributed by atoms with Gasteiger partial charge in [0.1, 0.15) is 11.5 Å². The van der Waals surface area contributed by atoms with Gasteiger partial charge in [0.05, 0.1) is 12.6 Å². The van der Waals surface area contributed by atoms with Gasteiger partial charge >= 0.3 is 0 Å². The van der Waals surface area contributed by atoms with Crippen molar-refractivity contribution in [2.24, 2.45) is 5.73 Å². The molecule has 0 spiro atoms. The van der Waals surface area contributed by atoms with E-state index in [0.717, 1.165) is 31.0 Å². The highest BCUT2D eigenvalue weighted by molar-refractivity contribution is 5.12. The molecule has 0 aliphatic rings. The SMILES string of the molecule is CCC(N)C(c1ccc(C)o1)N(CC)CCOC. The van der Waals surface area contributed by atoms with E-state index in [9.17, 15) is 0 Å². The number of furan rings is 1. The van der Waals surface area contributed by atoms with Crippen LogP contribution in [0, 0.1) is 6.92 Å². The molecule has 104 valence electrons. The number of hydrogen-bond donors (Lipinski definition) is 1. The van der Waals surface area contributed by atoms with E-state index in [1.165, 1.54) is 0 Å². The minimum absolute atomic E-state index is 0.0763. The van der Waals surface area contributed by atoms with Gasteiger partial charge in [0.15, 0.2) is 0 Å². The first-order valence-electron chi connectivity index (χ1n) is 6.68. The molecule has 4 heteroatoms. The van der Waals surface area contributed by atoms with Crippen molar-refractivity contribution in [3.8, 4) is 0 Å². The van der Waals surface area contributed by atoms with Gasteiger partial charge in [-0.25, -0.2) is 0 Å². The molecule has 1 aromatic heterocycles. The fourth-order valence-corrected chi connectivity index (χ4v) is 2.20. The van der Waals surface area contributed by atoms with Crippen molar-refractivity contribution in [3.63, 3.8) is 0 Å².